The maximum atomic E-state index is 10.2. The summed E-state index contributed by atoms with van der Waals surface area (Å²) < 4.78 is 4.99. The predicted octanol–water partition coefficient (Wildman–Crippen LogP) is -2.27. The van der Waals surface area contributed by atoms with Gasteiger partial charge in [-0.2, -0.15) is 0 Å². The number of ether oxygens (including phenoxy) is 1. The summed E-state index contributed by atoms with van der Waals surface area (Å²) in [5, 5.41) is 10.2. The van der Waals surface area contributed by atoms with Crippen LogP contribution < -0.4 is 34.7 Å². The van der Waals surface area contributed by atoms with Crippen molar-refractivity contribution in [2.24, 2.45) is 0 Å². The molecule has 0 aliphatic rings. The van der Waals surface area contributed by atoms with E-state index in [0.29, 0.717) is 6.61 Å². The first-order valence-corrected chi connectivity index (χ1v) is 4.51. The molecule has 0 fully saturated rings. The number of carbonyl (C=O) groups excluding carboxylic acids is 1. The van der Waals surface area contributed by atoms with E-state index in [2.05, 4.69) is 6.92 Å². The Morgan fingerprint density at radius 2 is 2.00 bits per heavy atom. The fourth-order valence-corrected chi connectivity index (χ4v) is 0.857. The van der Waals surface area contributed by atoms with Crippen LogP contribution in [-0.4, -0.2) is 18.7 Å². The molecule has 0 spiro atoms. The smallest absolute Gasteiger partial charge is 0.547 e. The van der Waals surface area contributed by atoms with Gasteiger partial charge in [-0.15, -0.1) is 0 Å². The minimum Gasteiger partial charge on any atom is -0.547 e. The molecule has 0 amide bonds. The van der Waals surface area contributed by atoms with Crippen molar-refractivity contribution in [3.05, 3.63) is 0 Å². The maximum absolute atomic E-state index is 10.2. The maximum Gasteiger partial charge on any atom is 1.00 e. The van der Waals surface area contributed by atoms with E-state index in [0.717, 1.165) is 12.8 Å². The van der Waals surface area contributed by atoms with E-state index in [1.165, 1.54) is 19.8 Å². The normalized spacial score (nSPS) is 11.8. The van der Waals surface area contributed by atoms with E-state index in [4.69, 9.17) is 4.74 Å². The van der Waals surface area contributed by atoms with Crippen molar-refractivity contribution in [1.29, 1.82) is 0 Å². The van der Waals surface area contributed by atoms with E-state index in [-0.39, 0.29) is 29.6 Å². The Bertz CT molecular complexity index is 128. The van der Waals surface area contributed by atoms with Crippen molar-refractivity contribution >= 4 is 5.97 Å². The molecule has 0 N–H and O–H groups in total. The van der Waals surface area contributed by atoms with Gasteiger partial charge in [-0.3, -0.25) is 0 Å². The van der Waals surface area contributed by atoms with Crippen molar-refractivity contribution in [1.82, 2.24) is 0 Å². The molecular weight excluding hydrogens is 179 g/mol. The molecule has 0 aliphatic carbocycles. The Balaban J connectivity index is 0. The summed E-state index contributed by atoms with van der Waals surface area (Å²) >= 11 is 0. The van der Waals surface area contributed by atoms with E-state index in [1.807, 2.05) is 0 Å². The van der Waals surface area contributed by atoms with Crippen LogP contribution in [0.25, 0.3) is 0 Å². The van der Waals surface area contributed by atoms with Gasteiger partial charge in [-0.25, -0.2) is 0 Å². The molecule has 0 heterocycles. The molecule has 72 valence electrons. The molecule has 1 unspecified atom stereocenters. The molecular formula is C9H17NaO3. The third-order valence-electron chi connectivity index (χ3n) is 1.70. The number of carboxylic acids is 1. The average Bonchev–Trinajstić information content (AvgIpc) is 2.03. The summed E-state index contributed by atoms with van der Waals surface area (Å²) in [5.41, 5.74) is 0. The summed E-state index contributed by atoms with van der Waals surface area (Å²) in [6, 6.07) is 0. The van der Waals surface area contributed by atoms with Crippen LogP contribution in [-0.2, 0) is 9.53 Å². The van der Waals surface area contributed by atoms with Gasteiger partial charge >= 0.3 is 29.6 Å². The van der Waals surface area contributed by atoms with Gasteiger partial charge in [0, 0.05) is 6.61 Å². The zero-order valence-corrected chi connectivity index (χ0v) is 10.8. The second-order valence-corrected chi connectivity index (χ2v) is 2.89. The standard InChI is InChI=1S/C9H18O3.Na/c1-3-4-5-6-7-12-8(2)9(10)11;/h8H,3-7H2,1-2H3,(H,10,11);/q;+1/p-1. The molecule has 0 aromatic rings. The van der Waals surface area contributed by atoms with Crippen molar-refractivity contribution in [3.8, 4) is 0 Å². The van der Waals surface area contributed by atoms with Crippen LogP contribution in [0, 0.1) is 0 Å². The molecule has 0 saturated heterocycles. The number of hydrogen-bond acceptors (Lipinski definition) is 3. The SMILES string of the molecule is CCCCCCOC(C)C(=O)[O-].[Na+]. The van der Waals surface area contributed by atoms with Crippen LogP contribution in [0.5, 0.6) is 0 Å². The number of carbonyl (C=O) groups is 1. The van der Waals surface area contributed by atoms with Gasteiger partial charge in [0.2, 0.25) is 0 Å². The van der Waals surface area contributed by atoms with E-state index >= 15 is 0 Å². The number of rotatable bonds is 7. The minimum absolute atomic E-state index is 0. The molecule has 13 heavy (non-hydrogen) atoms. The first-order valence-electron chi connectivity index (χ1n) is 4.51. The monoisotopic (exact) mass is 196 g/mol. The van der Waals surface area contributed by atoms with Crippen LogP contribution in [0.1, 0.15) is 39.5 Å². The van der Waals surface area contributed by atoms with Gasteiger partial charge < -0.3 is 14.6 Å². The Morgan fingerprint density at radius 1 is 1.38 bits per heavy atom. The van der Waals surface area contributed by atoms with Crippen molar-refractivity contribution in [2.75, 3.05) is 6.61 Å². The average molecular weight is 196 g/mol. The van der Waals surface area contributed by atoms with Crippen molar-refractivity contribution in [3.63, 3.8) is 0 Å². The minimum atomic E-state index is -1.13. The van der Waals surface area contributed by atoms with Crippen LogP contribution in [0.3, 0.4) is 0 Å². The van der Waals surface area contributed by atoms with Gasteiger partial charge in [0.1, 0.15) is 0 Å². The Morgan fingerprint density at radius 3 is 2.46 bits per heavy atom. The zero-order chi connectivity index (χ0) is 9.40. The van der Waals surface area contributed by atoms with E-state index < -0.39 is 12.1 Å². The number of carboxylic acid groups (broad SMARTS) is 1. The molecule has 0 rings (SSSR count). The van der Waals surface area contributed by atoms with Gasteiger partial charge in [0.05, 0.1) is 12.1 Å². The van der Waals surface area contributed by atoms with Crippen LogP contribution in [0.15, 0.2) is 0 Å². The Labute approximate surface area is 102 Å². The Kier molecular flexibility index (Phi) is 12.8. The molecule has 0 radical (unpaired) electrons. The third kappa shape index (κ3) is 10.4. The summed E-state index contributed by atoms with van der Waals surface area (Å²) in [6.45, 7) is 4.15. The topological polar surface area (TPSA) is 49.4 Å². The molecule has 3 nitrogen and oxygen atoms in total. The molecule has 4 heteroatoms. The molecule has 0 aromatic carbocycles. The molecule has 0 bridgehead atoms. The Hall–Kier alpha value is 0.430. The quantitative estimate of drug-likeness (QED) is 0.341. The molecule has 1 atom stereocenters. The zero-order valence-electron chi connectivity index (χ0n) is 8.84. The third-order valence-corrected chi connectivity index (χ3v) is 1.70. The van der Waals surface area contributed by atoms with Crippen LogP contribution in [0.4, 0.5) is 0 Å². The van der Waals surface area contributed by atoms with Crippen molar-refractivity contribution in [2.45, 2.75) is 45.6 Å². The van der Waals surface area contributed by atoms with Gasteiger partial charge in [-0.05, 0) is 13.3 Å². The first kappa shape index (κ1) is 15.9. The first-order chi connectivity index (χ1) is 5.68. The number of unbranched alkanes of at least 4 members (excludes halogenated alkanes) is 3. The van der Waals surface area contributed by atoms with Crippen molar-refractivity contribution < 1.29 is 44.2 Å². The summed E-state index contributed by atoms with van der Waals surface area (Å²) in [5.74, 6) is -1.13. The molecule has 0 saturated carbocycles. The van der Waals surface area contributed by atoms with Gasteiger partial charge in [0.15, 0.2) is 0 Å². The fourth-order valence-electron chi connectivity index (χ4n) is 0.857. The molecule has 0 aliphatic heterocycles. The predicted molar refractivity (Wildman–Crippen MR) is 44.6 cm³/mol. The van der Waals surface area contributed by atoms with E-state index in [9.17, 15) is 9.90 Å². The summed E-state index contributed by atoms with van der Waals surface area (Å²) in [7, 11) is 0. The van der Waals surface area contributed by atoms with E-state index in [1.54, 1.807) is 0 Å². The molecule has 0 aromatic heterocycles. The number of hydrogen-bond donors (Lipinski definition) is 0. The second-order valence-electron chi connectivity index (χ2n) is 2.89. The van der Waals surface area contributed by atoms with Crippen LogP contribution >= 0.6 is 0 Å². The summed E-state index contributed by atoms with van der Waals surface area (Å²) in [4.78, 5) is 10.2. The summed E-state index contributed by atoms with van der Waals surface area (Å²) in [6.07, 6.45) is 3.63. The largest absolute Gasteiger partial charge is 1.00 e. The second kappa shape index (κ2) is 10.5. The number of aliphatic carboxylic acids is 1. The fraction of sp³-hybridized carbons (Fsp3) is 0.889. The van der Waals surface area contributed by atoms with Crippen LogP contribution in [0.2, 0.25) is 0 Å². The van der Waals surface area contributed by atoms with Gasteiger partial charge in [-0.1, -0.05) is 26.2 Å². The van der Waals surface area contributed by atoms with Gasteiger partial charge in [0.25, 0.3) is 0 Å².